The van der Waals surface area contributed by atoms with Crippen LogP contribution in [0.15, 0.2) is 11.1 Å². The Morgan fingerprint density at radius 3 is 2.72 bits per heavy atom. The lowest BCUT2D eigenvalue weighted by Gasteiger charge is -2.35. The summed E-state index contributed by atoms with van der Waals surface area (Å²) < 4.78 is 32.7. The van der Waals surface area contributed by atoms with Gasteiger partial charge in [0.25, 0.3) is 0 Å². The van der Waals surface area contributed by atoms with Gasteiger partial charge in [0.1, 0.15) is 4.90 Å². The molecule has 2 heterocycles. The quantitative estimate of drug-likeness (QED) is 0.801. The van der Waals surface area contributed by atoms with Crippen LogP contribution in [0.2, 0.25) is 0 Å². The van der Waals surface area contributed by atoms with E-state index >= 15 is 0 Å². The van der Waals surface area contributed by atoms with E-state index in [1.165, 1.54) is 6.20 Å². The van der Waals surface area contributed by atoms with E-state index in [1.807, 2.05) is 0 Å². The fourth-order valence-corrected chi connectivity index (χ4v) is 4.46. The number of halogens is 1. The maximum absolute atomic E-state index is 12.3. The van der Waals surface area contributed by atoms with Gasteiger partial charge in [-0.15, -0.1) is 0 Å². The Morgan fingerprint density at radius 2 is 2.22 bits per heavy atom. The van der Waals surface area contributed by atoms with Gasteiger partial charge in [0, 0.05) is 24.1 Å². The van der Waals surface area contributed by atoms with Crippen LogP contribution in [0.25, 0.3) is 0 Å². The van der Waals surface area contributed by atoms with E-state index in [9.17, 15) is 8.42 Å². The minimum Gasteiger partial charge on any atom is -0.381 e. The molecular weight excluding hydrogens is 322 g/mol. The number of ether oxygens (including phenoxy) is 1. The van der Waals surface area contributed by atoms with Gasteiger partial charge in [-0.3, -0.25) is 5.10 Å². The first-order valence-electron chi connectivity index (χ1n) is 5.67. The zero-order valence-corrected chi connectivity index (χ0v) is 12.5. The van der Waals surface area contributed by atoms with Crippen LogP contribution >= 0.6 is 15.9 Å². The maximum Gasteiger partial charge on any atom is 0.244 e. The first-order chi connectivity index (χ1) is 8.49. The Morgan fingerprint density at radius 1 is 1.56 bits per heavy atom. The normalized spacial score (nSPS) is 19.9. The standard InChI is InChI=1S/C10H16BrN3O3S/c1-8-9(6-12-13-8)18(15,16)14-10(7-11)2-4-17-5-3-10/h6,14H,2-5,7H2,1H3,(H,12,13). The minimum absolute atomic E-state index is 0.203. The number of hydrogen-bond donors (Lipinski definition) is 2. The van der Waals surface area contributed by atoms with Crippen molar-refractivity contribution in [3.8, 4) is 0 Å². The van der Waals surface area contributed by atoms with Crippen LogP contribution < -0.4 is 4.72 Å². The number of hydrogen-bond acceptors (Lipinski definition) is 4. The van der Waals surface area contributed by atoms with Gasteiger partial charge in [0.2, 0.25) is 10.0 Å². The van der Waals surface area contributed by atoms with Gasteiger partial charge >= 0.3 is 0 Å². The lowest BCUT2D eigenvalue weighted by atomic mass is 9.94. The van der Waals surface area contributed by atoms with Crippen LogP contribution in [0.1, 0.15) is 18.5 Å². The fourth-order valence-electron chi connectivity index (χ4n) is 1.98. The van der Waals surface area contributed by atoms with Crippen molar-refractivity contribution >= 4 is 26.0 Å². The van der Waals surface area contributed by atoms with Gasteiger partial charge in [-0.2, -0.15) is 5.10 Å². The highest BCUT2D eigenvalue weighted by Gasteiger charge is 2.36. The van der Waals surface area contributed by atoms with Crippen molar-refractivity contribution < 1.29 is 13.2 Å². The summed E-state index contributed by atoms with van der Waals surface area (Å²) in [5.41, 5.74) is 0.0696. The molecule has 0 radical (unpaired) electrons. The molecule has 1 aliphatic heterocycles. The molecule has 0 saturated carbocycles. The average molecular weight is 338 g/mol. The van der Waals surface area contributed by atoms with E-state index < -0.39 is 15.6 Å². The molecule has 0 spiro atoms. The van der Waals surface area contributed by atoms with Crippen molar-refractivity contribution in [1.82, 2.24) is 14.9 Å². The van der Waals surface area contributed by atoms with Crippen molar-refractivity contribution in [2.45, 2.75) is 30.2 Å². The molecule has 1 aromatic rings. The third-order valence-corrected chi connectivity index (χ3v) is 5.90. The van der Waals surface area contributed by atoms with Gasteiger partial charge in [-0.1, -0.05) is 15.9 Å². The molecule has 0 bridgehead atoms. The number of aryl methyl sites for hydroxylation is 1. The topological polar surface area (TPSA) is 84.1 Å². The van der Waals surface area contributed by atoms with Crippen LogP contribution in [0.5, 0.6) is 0 Å². The summed E-state index contributed by atoms with van der Waals surface area (Å²) in [4.78, 5) is 0.203. The summed E-state index contributed by atoms with van der Waals surface area (Å²) >= 11 is 3.40. The molecule has 1 fully saturated rings. The molecular formula is C10H16BrN3O3S. The lowest BCUT2D eigenvalue weighted by molar-refractivity contribution is 0.0557. The van der Waals surface area contributed by atoms with Gasteiger partial charge in [-0.25, -0.2) is 13.1 Å². The monoisotopic (exact) mass is 337 g/mol. The molecule has 8 heteroatoms. The zero-order valence-electron chi connectivity index (χ0n) is 10.1. The smallest absolute Gasteiger partial charge is 0.244 e. The van der Waals surface area contributed by atoms with E-state index in [0.29, 0.717) is 37.1 Å². The summed E-state index contributed by atoms with van der Waals surface area (Å²) in [6, 6.07) is 0. The predicted octanol–water partition coefficient (Wildman–Crippen LogP) is 0.941. The average Bonchev–Trinajstić information content (AvgIpc) is 2.77. The fraction of sp³-hybridized carbons (Fsp3) is 0.700. The molecule has 0 amide bonds. The van der Waals surface area contributed by atoms with Gasteiger partial charge in [-0.05, 0) is 19.8 Å². The second kappa shape index (κ2) is 5.28. The number of aromatic amines is 1. The van der Waals surface area contributed by atoms with Crippen LogP contribution in [0.3, 0.4) is 0 Å². The molecule has 0 atom stereocenters. The Bertz CT molecular complexity index is 508. The summed E-state index contributed by atoms with van der Waals surface area (Å²) in [7, 11) is -3.55. The van der Waals surface area contributed by atoms with E-state index in [0.717, 1.165) is 0 Å². The maximum atomic E-state index is 12.3. The Labute approximate surface area is 115 Å². The molecule has 1 aliphatic rings. The largest absolute Gasteiger partial charge is 0.381 e. The number of sulfonamides is 1. The SMILES string of the molecule is Cc1[nH]ncc1S(=O)(=O)NC1(CBr)CCOCC1. The van der Waals surface area contributed by atoms with E-state index in [4.69, 9.17) is 4.74 Å². The highest BCUT2D eigenvalue weighted by atomic mass is 79.9. The summed E-state index contributed by atoms with van der Waals surface area (Å²) in [5.74, 6) is 0. The van der Waals surface area contributed by atoms with Crippen LogP contribution in [0, 0.1) is 6.92 Å². The molecule has 2 rings (SSSR count). The van der Waals surface area contributed by atoms with Gasteiger partial charge < -0.3 is 4.74 Å². The number of nitrogens with one attached hydrogen (secondary N) is 2. The Balaban J connectivity index is 2.24. The first-order valence-corrected chi connectivity index (χ1v) is 8.27. The number of rotatable bonds is 4. The zero-order chi connectivity index (χ0) is 13.2. The second-order valence-electron chi connectivity index (χ2n) is 4.49. The Kier molecular flexibility index (Phi) is 4.10. The number of aromatic nitrogens is 2. The highest BCUT2D eigenvalue weighted by molar-refractivity contribution is 9.09. The lowest BCUT2D eigenvalue weighted by Crippen LogP contribution is -2.53. The van der Waals surface area contributed by atoms with Crippen molar-refractivity contribution in [3.05, 3.63) is 11.9 Å². The van der Waals surface area contributed by atoms with E-state index in [2.05, 4.69) is 30.8 Å². The first kappa shape index (κ1) is 14.0. The molecule has 0 aliphatic carbocycles. The molecule has 2 N–H and O–H groups in total. The van der Waals surface area contributed by atoms with Crippen molar-refractivity contribution in [2.24, 2.45) is 0 Å². The molecule has 1 aromatic heterocycles. The molecule has 6 nitrogen and oxygen atoms in total. The van der Waals surface area contributed by atoms with Gasteiger partial charge in [0.15, 0.2) is 0 Å². The number of nitrogens with zero attached hydrogens (tertiary/aromatic N) is 1. The summed E-state index contributed by atoms with van der Waals surface area (Å²) in [6.07, 6.45) is 2.65. The van der Waals surface area contributed by atoms with Crippen LogP contribution in [-0.2, 0) is 14.8 Å². The highest BCUT2D eigenvalue weighted by Crippen LogP contribution is 2.26. The van der Waals surface area contributed by atoms with Crippen LogP contribution in [-0.4, -0.2) is 42.7 Å². The second-order valence-corrected chi connectivity index (χ2v) is 6.70. The number of alkyl halides is 1. The Hall–Kier alpha value is -0.440. The number of H-pyrrole nitrogens is 1. The van der Waals surface area contributed by atoms with Crippen LogP contribution in [0.4, 0.5) is 0 Å². The van der Waals surface area contributed by atoms with Crippen molar-refractivity contribution in [3.63, 3.8) is 0 Å². The van der Waals surface area contributed by atoms with Crippen molar-refractivity contribution in [2.75, 3.05) is 18.5 Å². The summed E-state index contributed by atoms with van der Waals surface area (Å²) in [5, 5.41) is 6.95. The van der Waals surface area contributed by atoms with E-state index in [1.54, 1.807) is 6.92 Å². The van der Waals surface area contributed by atoms with E-state index in [-0.39, 0.29) is 4.90 Å². The molecule has 18 heavy (non-hydrogen) atoms. The molecule has 102 valence electrons. The minimum atomic E-state index is -3.55. The van der Waals surface area contributed by atoms with Crippen molar-refractivity contribution in [1.29, 1.82) is 0 Å². The summed E-state index contributed by atoms with van der Waals surface area (Å²) in [6.45, 7) is 2.82. The molecule has 0 aromatic carbocycles. The third-order valence-electron chi connectivity index (χ3n) is 3.13. The van der Waals surface area contributed by atoms with Gasteiger partial charge in [0.05, 0.1) is 11.9 Å². The molecule has 1 saturated heterocycles. The molecule has 0 unspecified atom stereocenters. The predicted molar refractivity (Wildman–Crippen MR) is 70.2 cm³/mol. The third kappa shape index (κ3) is 2.76.